The molecule has 4 nitrogen and oxygen atoms in total. The van der Waals surface area contributed by atoms with Gasteiger partial charge < -0.3 is 10.4 Å². The summed E-state index contributed by atoms with van der Waals surface area (Å²) in [5.41, 5.74) is 0.331. The van der Waals surface area contributed by atoms with E-state index in [9.17, 15) is 18.4 Å². The van der Waals surface area contributed by atoms with Crippen molar-refractivity contribution in [1.29, 1.82) is 0 Å². The van der Waals surface area contributed by atoms with Gasteiger partial charge in [0.1, 0.15) is 0 Å². The predicted molar refractivity (Wildman–Crippen MR) is 69.0 cm³/mol. The maximum absolute atomic E-state index is 13.0. The zero-order chi connectivity index (χ0) is 15.3. The minimum atomic E-state index is -1.01. The van der Waals surface area contributed by atoms with Crippen LogP contribution in [-0.4, -0.2) is 23.5 Å². The van der Waals surface area contributed by atoms with Crippen molar-refractivity contribution >= 4 is 11.9 Å². The van der Waals surface area contributed by atoms with Crippen LogP contribution in [0.2, 0.25) is 0 Å². The average molecular weight is 285 g/mol. The van der Waals surface area contributed by atoms with Crippen LogP contribution in [0, 0.1) is 23.5 Å². The average Bonchev–Trinajstić information content (AvgIpc) is 2.33. The third-order valence-electron chi connectivity index (χ3n) is 2.99. The molecule has 1 amide bonds. The Labute approximate surface area is 115 Å². The number of hydrogen-bond acceptors (Lipinski definition) is 2. The van der Waals surface area contributed by atoms with Crippen LogP contribution in [0.1, 0.15) is 19.4 Å². The Morgan fingerprint density at radius 2 is 1.90 bits per heavy atom. The molecular formula is C14H17F2NO3. The molecule has 1 aromatic rings. The highest BCUT2D eigenvalue weighted by Gasteiger charge is 2.21. The van der Waals surface area contributed by atoms with Gasteiger partial charge in [-0.3, -0.25) is 9.59 Å². The lowest BCUT2D eigenvalue weighted by Crippen LogP contribution is -2.36. The van der Waals surface area contributed by atoms with Crippen molar-refractivity contribution in [2.24, 2.45) is 11.8 Å². The van der Waals surface area contributed by atoms with Gasteiger partial charge >= 0.3 is 5.97 Å². The fourth-order valence-electron chi connectivity index (χ4n) is 1.73. The first kappa shape index (κ1) is 16.1. The lowest BCUT2D eigenvalue weighted by molar-refractivity contribution is -0.143. The van der Waals surface area contributed by atoms with Crippen molar-refractivity contribution in [3.8, 4) is 0 Å². The lowest BCUT2D eigenvalue weighted by atomic mass is 9.96. The molecule has 1 aromatic carbocycles. The van der Waals surface area contributed by atoms with Gasteiger partial charge in [0.15, 0.2) is 11.6 Å². The second-order valence-corrected chi connectivity index (χ2v) is 4.92. The Kier molecular flexibility index (Phi) is 5.61. The van der Waals surface area contributed by atoms with E-state index in [2.05, 4.69) is 5.32 Å². The summed E-state index contributed by atoms with van der Waals surface area (Å²) in [6.45, 7) is 3.51. The van der Waals surface area contributed by atoms with E-state index in [0.717, 1.165) is 12.1 Å². The minimum absolute atomic E-state index is 0.00943. The van der Waals surface area contributed by atoms with Crippen LogP contribution < -0.4 is 5.32 Å². The van der Waals surface area contributed by atoms with Crippen LogP contribution in [0.25, 0.3) is 0 Å². The van der Waals surface area contributed by atoms with Crippen molar-refractivity contribution < 1.29 is 23.5 Å². The third-order valence-corrected chi connectivity index (χ3v) is 2.99. The molecule has 0 bridgehead atoms. The molecule has 0 aliphatic heterocycles. The first-order valence-corrected chi connectivity index (χ1v) is 6.24. The van der Waals surface area contributed by atoms with Gasteiger partial charge in [0, 0.05) is 6.54 Å². The van der Waals surface area contributed by atoms with Gasteiger partial charge in [-0.05, 0) is 23.6 Å². The standard InChI is InChI=1S/C14H17F2NO3/c1-8(2)10(14(19)20)7-17-13(18)6-9-3-4-11(15)12(16)5-9/h3-5,8,10H,6-7H2,1-2H3,(H,17,18)(H,19,20). The second kappa shape index (κ2) is 6.98. The smallest absolute Gasteiger partial charge is 0.308 e. The Morgan fingerprint density at radius 3 is 2.40 bits per heavy atom. The fourth-order valence-corrected chi connectivity index (χ4v) is 1.73. The summed E-state index contributed by atoms with van der Waals surface area (Å²) in [5, 5.41) is 11.5. The lowest BCUT2D eigenvalue weighted by Gasteiger charge is -2.16. The summed E-state index contributed by atoms with van der Waals surface area (Å²) in [5.74, 6) is -4.18. The summed E-state index contributed by atoms with van der Waals surface area (Å²) in [6, 6.07) is 3.22. The van der Waals surface area contributed by atoms with E-state index in [1.807, 2.05) is 0 Å². The molecule has 0 fully saturated rings. The van der Waals surface area contributed by atoms with Gasteiger partial charge in [0.05, 0.1) is 12.3 Å². The van der Waals surface area contributed by atoms with E-state index >= 15 is 0 Å². The molecule has 0 aromatic heterocycles. The number of benzene rings is 1. The summed E-state index contributed by atoms with van der Waals surface area (Å²) >= 11 is 0. The monoisotopic (exact) mass is 285 g/mol. The summed E-state index contributed by atoms with van der Waals surface area (Å²) in [4.78, 5) is 22.6. The van der Waals surface area contributed by atoms with Crippen LogP contribution in [-0.2, 0) is 16.0 Å². The van der Waals surface area contributed by atoms with Gasteiger partial charge in [-0.2, -0.15) is 0 Å². The van der Waals surface area contributed by atoms with Crippen LogP contribution in [0.3, 0.4) is 0 Å². The molecule has 110 valence electrons. The van der Waals surface area contributed by atoms with Crippen LogP contribution >= 0.6 is 0 Å². The molecule has 0 heterocycles. The highest BCUT2D eigenvalue weighted by molar-refractivity contribution is 5.79. The number of carboxylic acid groups (broad SMARTS) is 1. The molecule has 2 N–H and O–H groups in total. The quantitative estimate of drug-likeness (QED) is 0.840. The number of rotatable bonds is 6. The number of carbonyl (C=O) groups excluding carboxylic acids is 1. The molecule has 0 spiro atoms. The zero-order valence-corrected chi connectivity index (χ0v) is 11.3. The number of carbonyl (C=O) groups is 2. The Morgan fingerprint density at radius 1 is 1.25 bits per heavy atom. The highest BCUT2D eigenvalue weighted by atomic mass is 19.2. The molecule has 20 heavy (non-hydrogen) atoms. The second-order valence-electron chi connectivity index (χ2n) is 4.92. The first-order chi connectivity index (χ1) is 9.31. The Balaban J connectivity index is 2.55. The van der Waals surface area contributed by atoms with E-state index in [1.165, 1.54) is 6.07 Å². The van der Waals surface area contributed by atoms with Gasteiger partial charge in [-0.25, -0.2) is 8.78 Å². The number of aliphatic carboxylic acids is 1. The minimum Gasteiger partial charge on any atom is -0.481 e. The summed E-state index contributed by atoms with van der Waals surface area (Å²) in [7, 11) is 0. The normalized spacial score (nSPS) is 12.2. The van der Waals surface area contributed by atoms with Gasteiger partial charge in [0.2, 0.25) is 5.91 Å². The van der Waals surface area contributed by atoms with E-state index in [1.54, 1.807) is 13.8 Å². The number of halogens is 2. The van der Waals surface area contributed by atoms with Crippen molar-refractivity contribution in [3.05, 3.63) is 35.4 Å². The van der Waals surface area contributed by atoms with Gasteiger partial charge in [-0.15, -0.1) is 0 Å². The number of carboxylic acids is 1. The molecule has 0 saturated heterocycles. The fraction of sp³-hybridized carbons (Fsp3) is 0.429. The van der Waals surface area contributed by atoms with Crippen molar-refractivity contribution in [2.75, 3.05) is 6.54 Å². The highest BCUT2D eigenvalue weighted by Crippen LogP contribution is 2.11. The van der Waals surface area contributed by atoms with E-state index in [0.29, 0.717) is 5.56 Å². The van der Waals surface area contributed by atoms with Gasteiger partial charge in [-0.1, -0.05) is 19.9 Å². The molecular weight excluding hydrogens is 268 g/mol. The number of amides is 1. The van der Waals surface area contributed by atoms with Gasteiger partial charge in [0.25, 0.3) is 0 Å². The maximum atomic E-state index is 13.0. The van der Waals surface area contributed by atoms with Crippen molar-refractivity contribution in [2.45, 2.75) is 20.3 Å². The number of hydrogen-bond donors (Lipinski definition) is 2. The summed E-state index contributed by atoms with van der Waals surface area (Å²) < 4.78 is 25.7. The molecule has 1 unspecified atom stereocenters. The van der Waals surface area contributed by atoms with E-state index in [-0.39, 0.29) is 18.9 Å². The molecule has 0 aliphatic carbocycles. The molecule has 0 saturated carbocycles. The Bertz CT molecular complexity index is 503. The van der Waals surface area contributed by atoms with Crippen LogP contribution in [0.15, 0.2) is 18.2 Å². The van der Waals surface area contributed by atoms with E-state index < -0.39 is 29.4 Å². The Hall–Kier alpha value is -1.98. The van der Waals surface area contributed by atoms with E-state index in [4.69, 9.17) is 5.11 Å². The third kappa shape index (κ3) is 4.60. The molecule has 0 radical (unpaired) electrons. The maximum Gasteiger partial charge on any atom is 0.308 e. The van der Waals surface area contributed by atoms with Crippen molar-refractivity contribution in [3.63, 3.8) is 0 Å². The topological polar surface area (TPSA) is 66.4 Å². The molecule has 1 atom stereocenters. The zero-order valence-electron chi connectivity index (χ0n) is 11.3. The predicted octanol–water partition coefficient (Wildman–Crippen LogP) is 1.98. The number of nitrogens with one attached hydrogen (secondary N) is 1. The SMILES string of the molecule is CC(C)C(CNC(=O)Cc1ccc(F)c(F)c1)C(=O)O. The van der Waals surface area contributed by atoms with Crippen molar-refractivity contribution in [1.82, 2.24) is 5.32 Å². The largest absolute Gasteiger partial charge is 0.481 e. The van der Waals surface area contributed by atoms with Crippen LogP contribution in [0.4, 0.5) is 8.78 Å². The summed E-state index contributed by atoms with van der Waals surface area (Å²) in [6.07, 6.45) is -0.123. The first-order valence-electron chi connectivity index (χ1n) is 6.24. The molecule has 1 rings (SSSR count). The molecule has 6 heteroatoms. The van der Waals surface area contributed by atoms with Crippen LogP contribution in [0.5, 0.6) is 0 Å². The molecule has 0 aliphatic rings.